The van der Waals surface area contributed by atoms with Crippen molar-refractivity contribution >= 4 is 17.7 Å². The molecular weight excluding hydrogens is 314 g/mol. The molecule has 0 saturated carbocycles. The Labute approximate surface area is 139 Å². The molecule has 9 heteroatoms. The van der Waals surface area contributed by atoms with Gasteiger partial charge in [0, 0.05) is 18.9 Å². The highest BCUT2D eigenvalue weighted by molar-refractivity contribution is 5.98. The number of hydrogen-bond donors (Lipinski definition) is 3. The van der Waals surface area contributed by atoms with E-state index in [9.17, 15) is 19.5 Å². The zero-order valence-electron chi connectivity index (χ0n) is 13.2. The standard InChI is InChI=1S/C15H21N5O4/c21-9-10-3-1-6-20(10)15(24)12(8-19-5-2-4-16-19)18-14(23)11-7-13(22)17-11/h2,4-5,10-12,21H,1,3,6-9H2,(H,17,22)(H,18,23)/t10-,11-,12-/m0/s1. The molecule has 0 aliphatic carbocycles. The minimum Gasteiger partial charge on any atom is -0.394 e. The maximum absolute atomic E-state index is 12.8. The van der Waals surface area contributed by atoms with Gasteiger partial charge in [0.2, 0.25) is 17.7 Å². The average molecular weight is 335 g/mol. The minimum absolute atomic E-state index is 0.0904. The second kappa shape index (κ2) is 7.00. The van der Waals surface area contributed by atoms with Crippen molar-refractivity contribution in [2.24, 2.45) is 0 Å². The van der Waals surface area contributed by atoms with Gasteiger partial charge < -0.3 is 20.6 Å². The summed E-state index contributed by atoms with van der Waals surface area (Å²) in [7, 11) is 0. The summed E-state index contributed by atoms with van der Waals surface area (Å²) in [6.45, 7) is 0.676. The Morgan fingerprint density at radius 1 is 1.50 bits per heavy atom. The van der Waals surface area contributed by atoms with E-state index in [-0.39, 0.29) is 43.3 Å². The fraction of sp³-hybridized carbons (Fsp3) is 0.600. The van der Waals surface area contributed by atoms with Gasteiger partial charge in [-0.25, -0.2) is 0 Å². The molecule has 0 spiro atoms. The molecule has 1 aromatic heterocycles. The van der Waals surface area contributed by atoms with Crippen molar-refractivity contribution in [3.05, 3.63) is 18.5 Å². The first-order valence-electron chi connectivity index (χ1n) is 8.07. The molecule has 24 heavy (non-hydrogen) atoms. The molecule has 2 aliphatic rings. The molecule has 2 aliphatic heterocycles. The van der Waals surface area contributed by atoms with E-state index in [2.05, 4.69) is 15.7 Å². The minimum atomic E-state index is -0.790. The van der Waals surface area contributed by atoms with Gasteiger partial charge in [-0.3, -0.25) is 19.1 Å². The van der Waals surface area contributed by atoms with E-state index in [0.717, 1.165) is 12.8 Å². The van der Waals surface area contributed by atoms with Crippen LogP contribution in [0.3, 0.4) is 0 Å². The van der Waals surface area contributed by atoms with Crippen LogP contribution in [0.5, 0.6) is 0 Å². The number of likely N-dealkylation sites (tertiary alicyclic amines) is 1. The summed E-state index contributed by atoms with van der Waals surface area (Å²) in [5.41, 5.74) is 0. The number of amides is 3. The van der Waals surface area contributed by atoms with Crippen molar-refractivity contribution in [2.75, 3.05) is 13.2 Å². The van der Waals surface area contributed by atoms with E-state index in [1.54, 1.807) is 28.0 Å². The van der Waals surface area contributed by atoms with Gasteiger partial charge in [-0.05, 0) is 18.9 Å². The lowest BCUT2D eigenvalue weighted by molar-refractivity contribution is -0.141. The maximum Gasteiger partial charge on any atom is 0.247 e. The molecule has 2 saturated heterocycles. The fourth-order valence-electron chi connectivity index (χ4n) is 3.09. The summed E-state index contributed by atoms with van der Waals surface area (Å²) >= 11 is 0. The van der Waals surface area contributed by atoms with Gasteiger partial charge in [0.15, 0.2) is 0 Å². The topological polar surface area (TPSA) is 117 Å². The molecule has 1 aromatic rings. The van der Waals surface area contributed by atoms with Crippen molar-refractivity contribution in [3.63, 3.8) is 0 Å². The van der Waals surface area contributed by atoms with Gasteiger partial charge >= 0.3 is 0 Å². The molecule has 3 rings (SSSR count). The molecule has 2 fully saturated rings. The Kier molecular flexibility index (Phi) is 4.79. The molecule has 0 bridgehead atoms. The molecule has 130 valence electrons. The van der Waals surface area contributed by atoms with Crippen molar-refractivity contribution in [2.45, 2.75) is 43.9 Å². The van der Waals surface area contributed by atoms with Gasteiger partial charge in [-0.2, -0.15) is 5.10 Å². The van der Waals surface area contributed by atoms with Gasteiger partial charge in [0.25, 0.3) is 0 Å². The zero-order chi connectivity index (χ0) is 17.1. The molecule has 0 unspecified atom stereocenters. The fourth-order valence-corrected chi connectivity index (χ4v) is 3.09. The number of aliphatic hydroxyl groups is 1. The van der Waals surface area contributed by atoms with Gasteiger partial charge in [0.05, 0.1) is 25.6 Å². The zero-order valence-corrected chi connectivity index (χ0v) is 13.2. The summed E-state index contributed by atoms with van der Waals surface area (Å²) in [5, 5.41) is 18.7. The van der Waals surface area contributed by atoms with E-state index in [0.29, 0.717) is 6.54 Å². The monoisotopic (exact) mass is 335 g/mol. The Balaban J connectivity index is 1.70. The molecular formula is C15H21N5O4. The van der Waals surface area contributed by atoms with Crippen LogP contribution in [-0.2, 0) is 20.9 Å². The highest BCUT2D eigenvalue weighted by Crippen LogP contribution is 2.18. The number of rotatable bonds is 6. The third-order valence-electron chi connectivity index (χ3n) is 4.46. The van der Waals surface area contributed by atoms with Crippen molar-refractivity contribution in [1.29, 1.82) is 0 Å². The quantitative estimate of drug-likeness (QED) is 0.533. The lowest BCUT2D eigenvalue weighted by Crippen LogP contribution is -2.61. The maximum atomic E-state index is 12.8. The number of aromatic nitrogens is 2. The predicted octanol–water partition coefficient (Wildman–Crippen LogP) is -1.76. The number of nitrogens with one attached hydrogen (secondary N) is 2. The van der Waals surface area contributed by atoms with Crippen LogP contribution in [-0.4, -0.2) is 68.8 Å². The number of hydrogen-bond acceptors (Lipinski definition) is 5. The van der Waals surface area contributed by atoms with Crippen LogP contribution in [0, 0.1) is 0 Å². The summed E-state index contributed by atoms with van der Waals surface area (Å²) in [6, 6.07) is 0.152. The molecule has 3 atom stereocenters. The SMILES string of the molecule is O=C1C[C@@H](C(=O)N[C@@H](Cn2cccn2)C(=O)N2CCC[C@H]2CO)N1. The molecule has 3 N–H and O–H groups in total. The van der Waals surface area contributed by atoms with Crippen molar-refractivity contribution < 1.29 is 19.5 Å². The van der Waals surface area contributed by atoms with E-state index < -0.39 is 12.1 Å². The van der Waals surface area contributed by atoms with Gasteiger partial charge in [-0.1, -0.05) is 0 Å². The van der Waals surface area contributed by atoms with Crippen LogP contribution in [0.2, 0.25) is 0 Å². The Bertz CT molecular complexity index is 609. The lowest BCUT2D eigenvalue weighted by Gasteiger charge is -2.31. The normalized spacial score (nSPS) is 24.2. The summed E-state index contributed by atoms with van der Waals surface area (Å²) in [4.78, 5) is 37.6. The highest BCUT2D eigenvalue weighted by atomic mass is 16.3. The Morgan fingerprint density at radius 3 is 2.92 bits per heavy atom. The van der Waals surface area contributed by atoms with Crippen molar-refractivity contribution in [3.8, 4) is 0 Å². The van der Waals surface area contributed by atoms with Gasteiger partial charge in [0.1, 0.15) is 12.1 Å². The van der Waals surface area contributed by atoms with Gasteiger partial charge in [-0.15, -0.1) is 0 Å². The molecule has 3 amide bonds. The first-order valence-corrected chi connectivity index (χ1v) is 8.07. The van der Waals surface area contributed by atoms with Crippen LogP contribution in [0.4, 0.5) is 0 Å². The second-order valence-corrected chi connectivity index (χ2v) is 6.12. The number of nitrogens with zero attached hydrogens (tertiary/aromatic N) is 3. The largest absolute Gasteiger partial charge is 0.394 e. The van der Waals surface area contributed by atoms with Crippen LogP contribution in [0.25, 0.3) is 0 Å². The third-order valence-corrected chi connectivity index (χ3v) is 4.46. The highest BCUT2D eigenvalue weighted by Gasteiger charge is 2.37. The van der Waals surface area contributed by atoms with E-state index in [4.69, 9.17) is 0 Å². The van der Waals surface area contributed by atoms with E-state index in [1.165, 1.54) is 0 Å². The molecule has 3 heterocycles. The van der Waals surface area contributed by atoms with Crippen LogP contribution in [0.15, 0.2) is 18.5 Å². The number of aliphatic hydroxyl groups excluding tert-OH is 1. The first-order chi connectivity index (χ1) is 11.6. The number of β-lactam (4-membered cyclic amide) rings is 1. The van der Waals surface area contributed by atoms with Crippen molar-refractivity contribution in [1.82, 2.24) is 25.3 Å². The lowest BCUT2D eigenvalue weighted by atomic mass is 10.1. The second-order valence-electron chi connectivity index (χ2n) is 6.12. The molecule has 9 nitrogen and oxygen atoms in total. The number of carbonyl (C=O) groups excluding carboxylic acids is 3. The third kappa shape index (κ3) is 3.40. The summed E-state index contributed by atoms with van der Waals surface area (Å²) < 4.78 is 1.58. The first kappa shape index (κ1) is 16.4. The summed E-state index contributed by atoms with van der Waals surface area (Å²) in [5.74, 6) is -0.786. The average Bonchev–Trinajstić information content (AvgIpc) is 3.21. The van der Waals surface area contributed by atoms with Crippen LogP contribution >= 0.6 is 0 Å². The molecule has 0 aromatic carbocycles. The van der Waals surface area contributed by atoms with Crippen LogP contribution < -0.4 is 10.6 Å². The van der Waals surface area contributed by atoms with Crippen LogP contribution in [0.1, 0.15) is 19.3 Å². The molecule has 0 radical (unpaired) electrons. The smallest absolute Gasteiger partial charge is 0.247 e. The van der Waals surface area contributed by atoms with E-state index in [1.807, 2.05) is 0 Å². The Morgan fingerprint density at radius 2 is 2.29 bits per heavy atom. The number of carbonyl (C=O) groups is 3. The predicted molar refractivity (Wildman–Crippen MR) is 82.5 cm³/mol. The summed E-state index contributed by atoms with van der Waals surface area (Å²) in [6.07, 6.45) is 5.03. The Hall–Kier alpha value is -2.42. The van der Waals surface area contributed by atoms with E-state index >= 15 is 0 Å².